The van der Waals surface area contributed by atoms with Crippen molar-refractivity contribution in [1.29, 1.82) is 0 Å². The van der Waals surface area contributed by atoms with E-state index >= 15 is 0 Å². The number of fused-ring (bicyclic) bond motifs is 4. The predicted molar refractivity (Wildman–Crippen MR) is 114 cm³/mol. The number of aromatic nitrogens is 4. The van der Waals surface area contributed by atoms with Crippen LogP contribution in [0.1, 0.15) is 12.8 Å². The van der Waals surface area contributed by atoms with Crippen LogP contribution >= 0.6 is 0 Å². The first kappa shape index (κ1) is 18.4. The fourth-order valence-corrected chi connectivity index (χ4v) is 4.71. The summed E-state index contributed by atoms with van der Waals surface area (Å²) in [6, 6.07) is 12.1. The summed E-state index contributed by atoms with van der Waals surface area (Å²) in [5, 5.41) is 3.55. The van der Waals surface area contributed by atoms with Gasteiger partial charge in [-0.2, -0.15) is 0 Å². The highest BCUT2D eigenvalue weighted by Crippen LogP contribution is 2.33. The van der Waals surface area contributed by atoms with E-state index in [2.05, 4.69) is 20.2 Å². The van der Waals surface area contributed by atoms with Gasteiger partial charge in [-0.25, -0.2) is 18.7 Å². The molecule has 1 aromatic carbocycles. The van der Waals surface area contributed by atoms with Crippen molar-refractivity contribution in [2.75, 3.05) is 18.0 Å². The van der Waals surface area contributed by atoms with Crippen molar-refractivity contribution in [1.82, 2.24) is 24.8 Å². The molecule has 0 amide bonds. The molecule has 1 N–H and O–H groups in total. The summed E-state index contributed by atoms with van der Waals surface area (Å²) in [7, 11) is 0. The minimum atomic E-state index is -0.662. The summed E-state index contributed by atoms with van der Waals surface area (Å²) in [5.41, 5.74) is 1.68. The summed E-state index contributed by atoms with van der Waals surface area (Å²) in [6.45, 7) is 1.85. The zero-order valence-corrected chi connectivity index (χ0v) is 16.7. The molecule has 7 rings (SSSR count). The lowest BCUT2D eigenvalue weighted by atomic mass is 9.93. The van der Waals surface area contributed by atoms with Crippen LogP contribution in [0.3, 0.4) is 0 Å². The van der Waals surface area contributed by atoms with Crippen molar-refractivity contribution >= 4 is 17.0 Å². The average Bonchev–Trinajstić information content (AvgIpc) is 3.18. The van der Waals surface area contributed by atoms with Crippen molar-refractivity contribution < 1.29 is 8.78 Å². The van der Waals surface area contributed by atoms with Crippen LogP contribution < -0.4 is 10.2 Å². The van der Waals surface area contributed by atoms with Crippen LogP contribution in [0.15, 0.2) is 54.9 Å². The molecule has 8 heteroatoms. The molecule has 6 nitrogen and oxygen atoms in total. The number of piperidine rings is 2. The number of nitrogens with one attached hydrogen (secondary N) is 1. The van der Waals surface area contributed by atoms with Crippen LogP contribution in [0, 0.1) is 11.6 Å². The second kappa shape index (κ2) is 7.09. The number of imidazole rings is 1. The first-order valence-corrected chi connectivity index (χ1v) is 10.4. The maximum atomic E-state index is 14.7. The lowest BCUT2D eigenvalue weighted by Gasteiger charge is -2.46. The van der Waals surface area contributed by atoms with Gasteiger partial charge in [0, 0.05) is 37.6 Å². The minimum Gasteiger partial charge on any atom is -0.351 e. The molecule has 2 bridgehead atoms. The number of halogens is 2. The second-order valence-corrected chi connectivity index (χ2v) is 8.07. The number of hydrogen-bond acceptors (Lipinski definition) is 5. The monoisotopic (exact) mass is 418 g/mol. The topological polar surface area (TPSA) is 58.9 Å². The van der Waals surface area contributed by atoms with Crippen LogP contribution in [0.4, 0.5) is 14.6 Å². The minimum absolute atomic E-state index is 0.167. The van der Waals surface area contributed by atoms with Crippen LogP contribution in [0.5, 0.6) is 0 Å². The number of benzene rings is 1. The van der Waals surface area contributed by atoms with Crippen molar-refractivity contribution in [3.05, 3.63) is 66.5 Å². The molecule has 2 atom stereocenters. The highest BCUT2D eigenvalue weighted by molar-refractivity contribution is 5.82. The maximum Gasteiger partial charge on any atom is 0.167 e. The third kappa shape index (κ3) is 2.97. The van der Waals surface area contributed by atoms with E-state index in [-0.39, 0.29) is 11.4 Å². The van der Waals surface area contributed by atoms with E-state index < -0.39 is 11.6 Å². The fraction of sp³-hybridized carbons (Fsp3) is 0.261. The summed E-state index contributed by atoms with van der Waals surface area (Å²) in [6.07, 6.45) is 5.59. The van der Waals surface area contributed by atoms with Crippen LogP contribution in [-0.4, -0.2) is 44.7 Å². The van der Waals surface area contributed by atoms with Gasteiger partial charge in [0.1, 0.15) is 23.0 Å². The molecule has 3 aromatic heterocycles. The number of piperazine rings is 1. The van der Waals surface area contributed by atoms with Gasteiger partial charge in [-0.15, -0.1) is 0 Å². The molecule has 0 spiro atoms. The first-order chi connectivity index (χ1) is 15.2. The lowest BCUT2D eigenvalue weighted by Crippen LogP contribution is -2.61. The molecule has 3 aliphatic rings. The Morgan fingerprint density at radius 3 is 2.42 bits per heavy atom. The van der Waals surface area contributed by atoms with E-state index in [9.17, 15) is 8.78 Å². The molecule has 6 heterocycles. The first-order valence-electron chi connectivity index (χ1n) is 10.4. The molecule has 3 aliphatic heterocycles. The molecule has 3 fully saturated rings. The number of nitrogens with zero attached hydrogens (tertiary/aromatic N) is 5. The highest BCUT2D eigenvalue weighted by Gasteiger charge is 2.34. The SMILES string of the molecule is Fc1cccc(F)c1-c1nc2ccc(N3C[C@H]4CC[C@@H]3CN4)nc2n1-c1ccncc1. The molecule has 3 saturated heterocycles. The van der Waals surface area contributed by atoms with Crippen molar-refractivity contribution in [2.45, 2.75) is 24.9 Å². The van der Waals surface area contributed by atoms with Crippen LogP contribution in [0.2, 0.25) is 0 Å². The number of anilines is 1. The molecule has 0 aliphatic carbocycles. The molecule has 0 radical (unpaired) electrons. The van der Waals surface area contributed by atoms with Gasteiger partial charge in [-0.1, -0.05) is 6.07 Å². The Labute approximate surface area is 177 Å². The predicted octanol–water partition coefficient (Wildman–Crippen LogP) is 3.70. The standard InChI is InChI=1S/C23H20F2N6/c24-17-2-1-3-18(25)21(17)23-28-19-6-7-20(30-13-14-4-5-16(30)12-27-14)29-22(19)31(23)15-8-10-26-11-9-15/h1-3,6-11,14,16,27H,4-5,12-13H2/t14-,16-/m1/s1. The zero-order chi connectivity index (χ0) is 20.9. The van der Waals surface area contributed by atoms with Crippen LogP contribution in [-0.2, 0) is 0 Å². The van der Waals surface area contributed by atoms with Gasteiger partial charge < -0.3 is 10.2 Å². The van der Waals surface area contributed by atoms with Crippen molar-refractivity contribution in [2.24, 2.45) is 0 Å². The highest BCUT2D eigenvalue weighted by atomic mass is 19.1. The molecule has 0 unspecified atom stereocenters. The van der Waals surface area contributed by atoms with Crippen molar-refractivity contribution in [3.8, 4) is 17.1 Å². The third-order valence-electron chi connectivity index (χ3n) is 6.24. The van der Waals surface area contributed by atoms with Gasteiger partial charge in [-0.05, 0) is 49.2 Å². The Bertz CT molecular complexity index is 1240. The molecule has 4 aromatic rings. The van der Waals surface area contributed by atoms with Gasteiger partial charge >= 0.3 is 0 Å². The Hall–Kier alpha value is -3.39. The van der Waals surface area contributed by atoms with Gasteiger partial charge in [0.2, 0.25) is 0 Å². The van der Waals surface area contributed by atoms with E-state index in [1.165, 1.54) is 24.6 Å². The summed E-state index contributed by atoms with van der Waals surface area (Å²) in [4.78, 5) is 15.9. The Morgan fingerprint density at radius 2 is 1.74 bits per heavy atom. The average molecular weight is 418 g/mol. The van der Waals surface area contributed by atoms with Gasteiger partial charge in [0.15, 0.2) is 11.5 Å². The Balaban J connectivity index is 1.58. The summed E-state index contributed by atoms with van der Waals surface area (Å²) >= 11 is 0. The Kier molecular flexibility index (Phi) is 4.21. The smallest absolute Gasteiger partial charge is 0.167 e. The summed E-state index contributed by atoms with van der Waals surface area (Å²) in [5.74, 6) is -0.279. The number of rotatable bonds is 3. The van der Waals surface area contributed by atoms with Gasteiger partial charge in [0.25, 0.3) is 0 Å². The molecular weight excluding hydrogens is 398 g/mol. The number of hydrogen-bond donors (Lipinski definition) is 1. The van der Waals surface area contributed by atoms with Crippen molar-refractivity contribution in [3.63, 3.8) is 0 Å². The third-order valence-corrected chi connectivity index (χ3v) is 6.24. The van der Waals surface area contributed by atoms with E-state index in [0.29, 0.717) is 28.9 Å². The van der Waals surface area contributed by atoms with Gasteiger partial charge in [-0.3, -0.25) is 9.55 Å². The van der Waals surface area contributed by atoms with E-state index in [0.717, 1.165) is 25.3 Å². The summed E-state index contributed by atoms with van der Waals surface area (Å²) < 4.78 is 31.1. The normalized spacial score (nSPS) is 20.5. The lowest BCUT2D eigenvalue weighted by molar-refractivity contribution is 0.289. The molecular formula is C23H20F2N6. The second-order valence-electron chi connectivity index (χ2n) is 8.07. The van der Waals surface area contributed by atoms with Gasteiger partial charge in [0.05, 0.1) is 11.3 Å². The molecule has 156 valence electrons. The fourth-order valence-electron chi connectivity index (χ4n) is 4.71. The largest absolute Gasteiger partial charge is 0.351 e. The van der Waals surface area contributed by atoms with Crippen LogP contribution in [0.25, 0.3) is 28.2 Å². The van der Waals surface area contributed by atoms with E-state index in [1.54, 1.807) is 29.1 Å². The Morgan fingerprint density at radius 1 is 0.935 bits per heavy atom. The quantitative estimate of drug-likeness (QED) is 0.550. The van der Waals surface area contributed by atoms with E-state index in [1.807, 2.05) is 12.1 Å². The molecule has 31 heavy (non-hydrogen) atoms. The molecule has 0 saturated carbocycles. The maximum absolute atomic E-state index is 14.7. The number of pyridine rings is 2. The zero-order valence-electron chi connectivity index (χ0n) is 16.7. The van der Waals surface area contributed by atoms with E-state index in [4.69, 9.17) is 4.98 Å².